The molecule has 13 heavy (non-hydrogen) atoms. The number of hydrogen-bond donors (Lipinski definition) is 0. The predicted octanol–water partition coefficient (Wildman–Crippen LogP) is 1.74. The first-order valence-electron chi connectivity index (χ1n) is 3.79. The molecule has 1 aliphatic heterocycles. The van der Waals surface area contributed by atoms with Crippen LogP contribution in [0.5, 0.6) is 0 Å². The van der Waals surface area contributed by atoms with Crippen molar-refractivity contribution in [3.8, 4) is 0 Å². The van der Waals surface area contributed by atoms with Crippen molar-refractivity contribution in [1.82, 2.24) is 0 Å². The smallest absolute Gasteiger partial charge is 0.265 e. The van der Waals surface area contributed by atoms with Crippen LogP contribution in [0.2, 0.25) is 0 Å². The fraction of sp³-hybridized carbons (Fsp3) is 0.111. The second-order valence-corrected chi connectivity index (χ2v) is 2.86. The van der Waals surface area contributed by atoms with E-state index < -0.39 is 11.8 Å². The number of carbonyl (C=O) groups is 2. The maximum atomic E-state index is 11.2. The van der Waals surface area contributed by atoms with Crippen LogP contribution in [0.1, 0.15) is 26.3 Å². The Balaban J connectivity index is 2.69. The summed E-state index contributed by atoms with van der Waals surface area (Å²) >= 11 is 0. The van der Waals surface area contributed by atoms with E-state index >= 15 is 0 Å². The molecule has 0 atom stereocenters. The van der Waals surface area contributed by atoms with Crippen molar-refractivity contribution in [2.75, 3.05) is 0 Å². The van der Waals surface area contributed by atoms with E-state index in [2.05, 4.69) is 10.2 Å². The van der Waals surface area contributed by atoms with Crippen LogP contribution in [0, 0.1) is 6.92 Å². The molecule has 2 amide bonds. The van der Waals surface area contributed by atoms with Crippen molar-refractivity contribution >= 4 is 11.8 Å². The van der Waals surface area contributed by atoms with Crippen molar-refractivity contribution < 1.29 is 9.59 Å². The van der Waals surface area contributed by atoms with Crippen LogP contribution in [0.3, 0.4) is 0 Å². The summed E-state index contributed by atoms with van der Waals surface area (Å²) < 4.78 is 0. The lowest BCUT2D eigenvalue weighted by molar-refractivity contribution is 0.0920. The Morgan fingerprint density at radius 3 is 2.31 bits per heavy atom. The molecule has 0 aliphatic carbocycles. The maximum absolute atomic E-state index is 11.2. The Hall–Kier alpha value is -1.84. The van der Waals surface area contributed by atoms with Crippen molar-refractivity contribution in [2.24, 2.45) is 10.2 Å². The number of fused-ring (bicyclic) bond motifs is 1. The Bertz CT molecular complexity index is 435. The van der Waals surface area contributed by atoms with Crippen molar-refractivity contribution in [1.29, 1.82) is 0 Å². The number of aryl methyl sites for hydroxylation is 1. The molecule has 0 N–H and O–H groups in total. The SMILES string of the molecule is Cc1ccc2c(c1)C(=O)N=NC2=O. The zero-order chi connectivity index (χ0) is 9.42. The third-order valence-corrected chi connectivity index (χ3v) is 1.87. The molecule has 0 spiro atoms. The Morgan fingerprint density at radius 2 is 1.62 bits per heavy atom. The minimum Gasteiger partial charge on any atom is -0.265 e. The van der Waals surface area contributed by atoms with Crippen LogP contribution in [0.15, 0.2) is 28.4 Å². The first-order valence-corrected chi connectivity index (χ1v) is 3.79. The van der Waals surface area contributed by atoms with E-state index in [0.29, 0.717) is 11.1 Å². The van der Waals surface area contributed by atoms with E-state index in [0.717, 1.165) is 5.56 Å². The number of hydrogen-bond acceptors (Lipinski definition) is 2. The Labute approximate surface area is 74.3 Å². The monoisotopic (exact) mass is 174 g/mol. The zero-order valence-corrected chi connectivity index (χ0v) is 6.94. The van der Waals surface area contributed by atoms with Gasteiger partial charge in [-0.2, -0.15) is 0 Å². The standard InChI is InChI=1S/C9H6N2O2/c1-5-2-3-6-7(4-5)9(13)11-10-8(6)12/h2-4H,1H3. The molecule has 2 rings (SSSR count). The largest absolute Gasteiger partial charge is 0.296 e. The van der Waals surface area contributed by atoms with Gasteiger partial charge in [0.15, 0.2) is 0 Å². The topological polar surface area (TPSA) is 58.9 Å². The van der Waals surface area contributed by atoms with Gasteiger partial charge in [0.1, 0.15) is 0 Å². The van der Waals surface area contributed by atoms with Crippen molar-refractivity contribution in [3.63, 3.8) is 0 Å². The fourth-order valence-electron chi connectivity index (χ4n) is 1.22. The molecular formula is C9H6N2O2. The minimum atomic E-state index is -0.449. The predicted molar refractivity (Wildman–Crippen MR) is 44.7 cm³/mol. The number of rotatable bonds is 0. The Morgan fingerprint density at radius 1 is 1.00 bits per heavy atom. The van der Waals surface area contributed by atoms with Gasteiger partial charge in [0.05, 0.1) is 11.1 Å². The number of nitrogens with zero attached hydrogens (tertiary/aromatic N) is 2. The number of azo groups is 1. The van der Waals surface area contributed by atoms with E-state index in [9.17, 15) is 9.59 Å². The average Bonchev–Trinajstić information content (AvgIpc) is 2.12. The molecule has 0 aromatic heterocycles. The van der Waals surface area contributed by atoms with Crippen LogP contribution >= 0.6 is 0 Å². The highest BCUT2D eigenvalue weighted by molar-refractivity contribution is 6.10. The molecule has 1 heterocycles. The summed E-state index contributed by atoms with van der Waals surface area (Å²) in [4.78, 5) is 22.3. The molecule has 4 heteroatoms. The van der Waals surface area contributed by atoms with Gasteiger partial charge in [-0.05, 0) is 19.1 Å². The fourth-order valence-corrected chi connectivity index (χ4v) is 1.22. The molecule has 64 valence electrons. The van der Waals surface area contributed by atoms with Gasteiger partial charge < -0.3 is 0 Å². The molecule has 1 aromatic carbocycles. The minimum absolute atomic E-state index is 0.339. The molecular weight excluding hydrogens is 168 g/mol. The molecule has 0 saturated carbocycles. The second-order valence-electron chi connectivity index (χ2n) is 2.86. The normalized spacial score (nSPS) is 14.5. The van der Waals surface area contributed by atoms with Crippen molar-refractivity contribution in [3.05, 3.63) is 34.9 Å². The summed E-state index contributed by atoms with van der Waals surface area (Å²) in [5.41, 5.74) is 1.61. The highest BCUT2D eigenvalue weighted by Gasteiger charge is 2.21. The molecule has 0 fully saturated rings. The van der Waals surface area contributed by atoms with Crippen LogP contribution in [0.25, 0.3) is 0 Å². The van der Waals surface area contributed by atoms with E-state index in [1.54, 1.807) is 18.2 Å². The third-order valence-electron chi connectivity index (χ3n) is 1.87. The first-order chi connectivity index (χ1) is 6.18. The quantitative estimate of drug-likeness (QED) is 0.601. The van der Waals surface area contributed by atoms with Gasteiger partial charge in [0.25, 0.3) is 11.8 Å². The van der Waals surface area contributed by atoms with Crippen LogP contribution in [0.4, 0.5) is 0 Å². The molecule has 0 unspecified atom stereocenters. The highest BCUT2D eigenvalue weighted by Crippen LogP contribution is 2.18. The highest BCUT2D eigenvalue weighted by atomic mass is 16.2. The molecule has 0 saturated heterocycles. The van der Waals surface area contributed by atoms with E-state index in [1.807, 2.05) is 6.92 Å². The zero-order valence-electron chi connectivity index (χ0n) is 6.94. The molecule has 1 aliphatic rings. The van der Waals surface area contributed by atoms with Crippen LogP contribution < -0.4 is 0 Å². The first kappa shape index (κ1) is 7.79. The lowest BCUT2D eigenvalue weighted by Crippen LogP contribution is -2.10. The second kappa shape index (κ2) is 2.58. The van der Waals surface area contributed by atoms with Gasteiger partial charge in [-0.3, -0.25) is 9.59 Å². The Kier molecular flexibility index (Phi) is 1.55. The lowest BCUT2D eigenvalue weighted by atomic mass is 10.0. The number of benzene rings is 1. The maximum Gasteiger partial charge on any atom is 0.296 e. The summed E-state index contributed by atoms with van der Waals surface area (Å²) in [6.07, 6.45) is 0. The van der Waals surface area contributed by atoms with E-state index in [4.69, 9.17) is 0 Å². The van der Waals surface area contributed by atoms with Crippen molar-refractivity contribution in [2.45, 2.75) is 6.92 Å². The van der Waals surface area contributed by atoms with Gasteiger partial charge >= 0.3 is 0 Å². The van der Waals surface area contributed by atoms with Gasteiger partial charge in [-0.15, -0.1) is 10.2 Å². The average molecular weight is 174 g/mol. The van der Waals surface area contributed by atoms with Gasteiger partial charge in [-0.1, -0.05) is 11.6 Å². The lowest BCUT2D eigenvalue weighted by Gasteiger charge is -2.06. The molecule has 4 nitrogen and oxygen atoms in total. The van der Waals surface area contributed by atoms with Gasteiger partial charge in [-0.25, -0.2) is 0 Å². The van der Waals surface area contributed by atoms with Crippen LogP contribution in [-0.4, -0.2) is 11.8 Å². The van der Waals surface area contributed by atoms with E-state index in [1.165, 1.54) is 0 Å². The van der Waals surface area contributed by atoms with Gasteiger partial charge in [0, 0.05) is 0 Å². The summed E-state index contributed by atoms with van der Waals surface area (Å²) in [7, 11) is 0. The van der Waals surface area contributed by atoms with Gasteiger partial charge in [0.2, 0.25) is 0 Å². The summed E-state index contributed by atoms with van der Waals surface area (Å²) in [5, 5.41) is 6.45. The van der Waals surface area contributed by atoms with E-state index in [-0.39, 0.29) is 0 Å². The molecule has 0 radical (unpaired) electrons. The number of amides is 2. The molecule has 0 bridgehead atoms. The summed E-state index contributed by atoms with van der Waals surface area (Å²) in [6.45, 7) is 1.85. The summed E-state index contributed by atoms with van der Waals surface area (Å²) in [6, 6.07) is 5.02. The summed E-state index contributed by atoms with van der Waals surface area (Å²) in [5.74, 6) is -0.895. The number of carbonyl (C=O) groups excluding carboxylic acids is 2. The molecule has 1 aromatic rings. The van der Waals surface area contributed by atoms with Crippen LogP contribution in [-0.2, 0) is 0 Å². The third kappa shape index (κ3) is 1.16.